The second-order valence-corrected chi connectivity index (χ2v) is 38.3. The van der Waals surface area contributed by atoms with Crippen molar-refractivity contribution in [3.63, 3.8) is 0 Å². The third-order valence-corrected chi connectivity index (χ3v) is 17.8. The van der Waals surface area contributed by atoms with E-state index in [0.717, 1.165) is 55.1 Å². The second-order valence-electron chi connectivity index (χ2n) is 32.5. The summed E-state index contributed by atoms with van der Waals surface area (Å²) in [6.07, 6.45) is 7.37. The van der Waals surface area contributed by atoms with Crippen LogP contribution >= 0.6 is 12.4 Å². The molecule has 3 unspecified atom stereocenters. The molecule has 5 aromatic carbocycles. The Morgan fingerprint density at radius 2 is 0.733 bits per heavy atom. The predicted molar refractivity (Wildman–Crippen MR) is 463 cm³/mol. The molecule has 35 heteroatoms. The average molecular weight is 2130 g/mol. The molecule has 0 aromatic heterocycles. The first-order valence-corrected chi connectivity index (χ1v) is 39.6. The van der Waals surface area contributed by atoms with Crippen LogP contribution in [-0.4, -0.2) is 141 Å². The number of nitrogens with zero attached hydrogens (tertiary/aromatic N) is 1. The number of aldehydes is 2. The van der Waals surface area contributed by atoms with Crippen molar-refractivity contribution in [1.29, 1.82) is 0 Å². The first kappa shape index (κ1) is 146. The number of carbonyl (C=O) groups excluding carboxylic acids is 8. The van der Waals surface area contributed by atoms with Crippen molar-refractivity contribution >= 4 is 130 Å². The summed E-state index contributed by atoms with van der Waals surface area (Å²) in [5.74, 6) is -2.29. The van der Waals surface area contributed by atoms with Crippen LogP contribution in [0.1, 0.15) is 324 Å². The quantitative estimate of drug-likeness (QED) is 0.0104. The third-order valence-electron chi connectivity index (χ3n) is 13.7. The monoisotopic (exact) mass is 2120 g/mol. The molecule has 0 saturated heterocycles. The van der Waals surface area contributed by atoms with E-state index in [1.807, 2.05) is 114 Å². The van der Waals surface area contributed by atoms with Crippen LogP contribution in [0.3, 0.4) is 0 Å². The van der Waals surface area contributed by atoms with Gasteiger partial charge in [0, 0.05) is 29.4 Å². The van der Waals surface area contributed by atoms with Crippen molar-refractivity contribution in [2.45, 2.75) is 270 Å². The number of halogens is 2. The average Bonchev–Trinajstić information content (AvgIpc) is 0.842. The van der Waals surface area contributed by atoms with Gasteiger partial charge in [-0.1, -0.05) is 136 Å². The van der Waals surface area contributed by atoms with Crippen LogP contribution in [0.5, 0.6) is 0 Å². The molecule has 0 amide bonds. The largest absolute Gasteiger partial charge is 2.00 e. The van der Waals surface area contributed by atoms with Crippen molar-refractivity contribution in [1.82, 2.24) is 4.72 Å². The number of rotatable bonds is 23. The first-order valence-electron chi connectivity index (χ1n) is 36.2. The number of nitrogens with one attached hydrogen (secondary N) is 1. The fourth-order valence-electron chi connectivity index (χ4n) is 7.15. The van der Waals surface area contributed by atoms with Gasteiger partial charge in [-0.2, -0.15) is 10.8 Å². The number of carboxylic acids is 1. The smallest absolute Gasteiger partial charge is 1.00 e. The predicted octanol–water partition coefficient (Wildman–Crippen LogP) is 1.10. The van der Waals surface area contributed by atoms with Crippen LogP contribution < -0.4 is 284 Å². The number of carbonyl (C=O) groups is 9. The van der Waals surface area contributed by atoms with E-state index < -0.39 is 38.9 Å². The van der Waals surface area contributed by atoms with Gasteiger partial charge >= 0.3 is 293 Å². The Labute approximate surface area is 963 Å². The zero-order valence-corrected chi connectivity index (χ0v) is 101. The number of nitrogens with two attached hydrogens (primary N) is 2. The fourth-order valence-corrected chi connectivity index (χ4v) is 8.55. The molecule has 5 rings (SSSR count). The molecule has 0 aliphatic rings. The van der Waals surface area contributed by atoms with Crippen molar-refractivity contribution in [2.75, 3.05) is 0 Å². The van der Waals surface area contributed by atoms with Crippen LogP contribution in [0.25, 0.3) is 0 Å². The van der Waals surface area contributed by atoms with Gasteiger partial charge in [0.05, 0.1) is 88.4 Å². The molecule has 0 heterocycles. The molecule has 658 valence electrons. The number of benzene rings is 5. The van der Waals surface area contributed by atoms with Crippen LogP contribution in [-0.2, 0) is 71.3 Å². The normalized spacial score (nSPS) is 11.7. The van der Waals surface area contributed by atoms with Gasteiger partial charge < -0.3 is 76.8 Å². The summed E-state index contributed by atoms with van der Waals surface area (Å²) < 4.78 is 61.5. The molecule has 5 atom stereocenters. The molecule has 0 bridgehead atoms. The minimum atomic E-state index is -1.28. The summed E-state index contributed by atoms with van der Waals surface area (Å²) in [4.78, 5) is 100. The molecular weight excluding hydrogens is 1990 g/mol. The molecule has 0 aliphatic carbocycles. The standard InChI is InChI=1S/C21H35NO3S.C17H27NO2.C15H21NO3S.C11H12O3.C8H6O3.C6H13.C4H11NOS.2CH2O3.CH4.BrH.ClH.2Cs.2K.Mg.2H/c1-15(2)25-19(23)17-11-9-16(10-12-17)18(13-14-20(3,4)5)22-26(24)21(6,7)8;1-12(2)20-16(19)14-8-6-13(7-9-14)15(18)10-11-17(3,4)5;1-11(2)19-14(17)13-8-6-12(7-9-13)10-16-20(18)15(3,4)5;1-8(2)14-11(13)10-5-3-9(7-12)4-6-10;9-5-6-1-3-7(4-2-6)8(10)11;1-5-6(2,3)4;1-4(2,3)7(5)6;2*2-1-4-3;;;;;;;;;;/h9-12,15,18,22H,13-14H2,1-8H3;6-9,12,15H,10-11,18H2,1-5H3;6-11H,1-5H3;3-8H,1-2H3;1-5H,(H,10,11);1,5H2,2-4H3;5H2,1-3H3;2*1,3H;1H4;2*1H;;;;;;;/q;;;;;-1;;;;;;;4*+1;+2;2*-1/p-3/t18-,26?;15-;;;;;;;;;;;;;;;;;/m11................./s1. The van der Waals surface area contributed by atoms with E-state index in [9.17, 15) is 46.2 Å². The number of aromatic carboxylic acids is 1. The van der Waals surface area contributed by atoms with Gasteiger partial charge in [-0.05, 0) is 232 Å². The van der Waals surface area contributed by atoms with Gasteiger partial charge in [0.1, 0.15) is 23.6 Å². The van der Waals surface area contributed by atoms with E-state index in [2.05, 4.69) is 88.1 Å². The summed E-state index contributed by atoms with van der Waals surface area (Å²) in [7, 11) is -3.62. The molecule has 5 aromatic rings. The molecule has 6 N–H and O–H groups in total. The van der Waals surface area contributed by atoms with E-state index in [1.165, 1.54) is 24.3 Å². The van der Waals surface area contributed by atoms with Gasteiger partial charge in [0.15, 0.2) is 0 Å². The summed E-state index contributed by atoms with van der Waals surface area (Å²) in [6.45, 7) is 54.7. The van der Waals surface area contributed by atoms with Crippen molar-refractivity contribution in [3.8, 4) is 0 Å². The van der Waals surface area contributed by atoms with Gasteiger partial charge in [-0.15, -0.1) is 12.4 Å². The topological polar surface area (TPSA) is 403 Å². The Morgan fingerprint density at radius 1 is 0.483 bits per heavy atom. The molecular formula is C85H134BrClCs2K2MgN4O21S3. The maximum atomic E-state index is 12.6. The van der Waals surface area contributed by atoms with Gasteiger partial charge in [0.25, 0.3) is 12.9 Å². The minimum Gasteiger partial charge on any atom is -1.00 e. The fraction of sp³-hybridized carbons (Fsp3) is 0.518. The van der Waals surface area contributed by atoms with E-state index >= 15 is 0 Å². The molecule has 0 fully saturated rings. The summed E-state index contributed by atoms with van der Waals surface area (Å²) in [6, 6.07) is 33.7. The number of ether oxygens (including phenoxy) is 4. The Kier molecular flexibility index (Phi) is 95.3. The SMILES string of the molecule is C.CC(C)(C)S(N)=O.CC(C)OC(=O)c1ccc(C=NS(=O)C(C)(C)C)cc1.CC(C)OC(=O)c1ccc(C=O)cc1.CC(C)OC(=O)c1ccc([C@@H](CCC(C)(C)C)NS(=O)C(C)(C)C)cc1.CC(C)OC(=O)c1ccc([C@H](N)CCC(C)(C)C)cc1.Cl.O=CO[O-].O=CO[O-].O=Cc1ccc(C(=O)O)cc1.[Br-].[CH2-]CC(C)(C)C.[Cs+].[Cs+].[H-].[H-].[K+].[K+].[Mg+2]. The van der Waals surface area contributed by atoms with Crippen molar-refractivity contribution < 1.29 is 361 Å². The number of esters is 4. The Bertz CT molecular complexity index is 3700. The molecule has 0 spiro atoms. The molecule has 0 radical (unpaired) electrons. The Balaban J connectivity index is -0.0000000934. The molecule has 0 saturated carbocycles. The zero-order chi connectivity index (χ0) is 87.7. The Morgan fingerprint density at radius 3 is 0.950 bits per heavy atom. The van der Waals surface area contributed by atoms with E-state index in [-0.39, 0.29) is 402 Å². The number of hydrogen-bond acceptors (Lipinski definition) is 21. The van der Waals surface area contributed by atoms with E-state index in [0.29, 0.717) is 50.5 Å². The summed E-state index contributed by atoms with van der Waals surface area (Å²) in [5.41, 5.74) is 13.3. The number of hydrogen-bond donors (Lipinski definition) is 4. The van der Waals surface area contributed by atoms with Crippen LogP contribution in [0, 0.1) is 23.2 Å². The molecule has 120 heavy (non-hydrogen) atoms. The molecule has 0 aliphatic heterocycles. The second kappa shape index (κ2) is 78.2. The van der Waals surface area contributed by atoms with Crippen LogP contribution in [0.2, 0.25) is 0 Å². The van der Waals surface area contributed by atoms with Crippen LogP contribution in [0.15, 0.2) is 126 Å². The van der Waals surface area contributed by atoms with Gasteiger partial charge in [-0.25, -0.2) is 41.3 Å². The maximum Gasteiger partial charge on any atom is 2.00 e. The van der Waals surface area contributed by atoms with E-state index in [4.69, 9.17) is 55.0 Å². The van der Waals surface area contributed by atoms with E-state index in [1.54, 1.807) is 107 Å². The summed E-state index contributed by atoms with van der Waals surface area (Å²) >= 11 is 0. The van der Waals surface area contributed by atoms with Crippen molar-refractivity contribution in [2.24, 2.45) is 31.5 Å². The molecule has 25 nitrogen and oxygen atoms in total. The third kappa shape index (κ3) is 80.6. The van der Waals surface area contributed by atoms with Gasteiger partial charge in [0.2, 0.25) is 0 Å². The Hall–Kier alpha value is 0.563. The van der Waals surface area contributed by atoms with Gasteiger partial charge in [-0.3, -0.25) is 24.3 Å². The van der Waals surface area contributed by atoms with Crippen molar-refractivity contribution in [3.05, 3.63) is 184 Å². The zero-order valence-electron chi connectivity index (χ0n) is 78.1. The first-order chi connectivity index (χ1) is 51.4. The summed E-state index contributed by atoms with van der Waals surface area (Å²) in [5, 5.41) is 30.4. The van der Waals surface area contributed by atoms with Crippen LogP contribution in [0.4, 0.5) is 0 Å². The maximum absolute atomic E-state index is 12.6. The minimum absolute atomic E-state index is 0. The number of carboxylic acid groups (broad SMARTS) is 1.